The predicted octanol–water partition coefficient (Wildman–Crippen LogP) is 2.66. The highest BCUT2D eigenvalue weighted by Crippen LogP contribution is 2.39. The fraction of sp³-hybridized carbons (Fsp3) is 0.259. The quantitative estimate of drug-likeness (QED) is 0.309. The minimum Gasteiger partial charge on any atom is -0.872 e. The molecule has 1 N–H and O–H groups in total. The zero-order chi connectivity index (χ0) is 24.2. The molecule has 174 valence electrons. The molecule has 0 saturated carbocycles. The summed E-state index contributed by atoms with van der Waals surface area (Å²) in [6.07, 6.45) is 6.72. The van der Waals surface area contributed by atoms with E-state index in [0.717, 1.165) is 11.1 Å². The van der Waals surface area contributed by atoms with Gasteiger partial charge in [0.2, 0.25) is 5.78 Å². The Labute approximate surface area is 198 Å². The lowest BCUT2D eigenvalue weighted by Gasteiger charge is -2.27. The number of aryl methyl sites for hydroxylation is 1. The molecule has 1 unspecified atom stereocenters. The van der Waals surface area contributed by atoms with Crippen molar-refractivity contribution in [2.75, 3.05) is 6.61 Å². The summed E-state index contributed by atoms with van der Waals surface area (Å²) in [6.45, 7) is 6.72. The molecule has 3 heterocycles. The van der Waals surface area contributed by atoms with Crippen LogP contribution in [0.5, 0.6) is 5.75 Å². The molecule has 0 radical (unpaired) electrons. The Kier molecular flexibility index (Phi) is 6.72. The number of amides is 1. The van der Waals surface area contributed by atoms with Gasteiger partial charge in [0.15, 0.2) is 12.4 Å². The van der Waals surface area contributed by atoms with Gasteiger partial charge in [-0.05, 0) is 53.8 Å². The van der Waals surface area contributed by atoms with E-state index < -0.39 is 23.5 Å². The molecular formula is C27H27N3O4. The molecule has 0 aliphatic carbocycles. The molecule has 4 rings (SSSR count). The van der Waals surface area contributed by atoms with Gasteiger partial charge in [-0.15, -0.1) is 0 Å². The maximum Gasteiger partial charge on any atom is 0.295 e. The minimum absolute atomic E-state index is 0.0619. The van der Waals surface area contributed by atoms with Crippen LogP contribution in [-0.4, -0.2) is 28.2 Å². The average Bonchev–Trinajstić information content (AvgIpc) is 3.09. The summed E-state index contributed by atoms with van der Waals surface area (Å²) in [7, 11) is 0. The standard InChI is InChI=1S/C27H27N3O4/c1-17(2)16-34-22-9-8-20(12-18(22)3)25(31)23-24(21-7-5-11-29-14-21)30(27(33)26(23)32)15-19-6-4-10-28-13-19/h4-14,17,24,31H,15-16H2,1-3H3. The number of rotatable bonds is 7. The molecule has 1 fully saturated rings. The number of likely N-dealkylation sites (tertiary alicyclic amines) is 1. The smallest absolute Gasteiger partial charge is 0.295 e. The second-order valence-electron chi connectivity index (χ2n) is 8.79. The predicted molar refractivity (Wildman–Crippen MR) is 124 cm³/mol. The number of carbonyl (C=O) groups excluding carboxylic acids is 2. The van der Waals surface area contributed by atoms with Gasteiger partial charge in [0, 0.05) is 29.6 Å². The third-order valence-electron chi connectivity index (χ3n) is 5.66. The van der Waals surface area contributed by atoms with E-state index >= 15 is 0 Å². The molecule has 0 bridgehead atoms. The summed E-state index contributed by atoms with van der Waals surface area (Å²) >= 11 is 0. The van der Waals surface area contributed by atoms with Crippen LogP contribution in [-0.2, 0) is 16.1 Å². The van der Waals surface area contributed by atoms with E-state index in [1.807, 2.05) is 19.1 Å². The number of nitrogens with zero attached hydrogens (tertiary/aromatic N) is 2. The van der Waals surface area contributed by atoms with Crippen molar-refractivity contribution in [2.24, 2.45) is 5.92 Å². The van der Waals surface area contributed by atoms with Crippen LogP contribution in [0.2, 0.25) is 0 Å². The molecule has 7 nitrogen and oxygen atoms in total. The Morgan fingerprint density at radius 3 is 2.68 bits per heavy atom. The topological polar surface area (TPSA) is 96.7 Å². The summed E-state index contributed by atoms with van der Waals surface area (Å²) in [4.78, 5) is 34.8. The molecule has 1 saturated heterocycles. The zero-order valence-corrected chi connectivity index (χ0v) is 19.4. The molecule has 2 aromatic heterocycles. The van der Waals surface area contributed by atoms with Gasteiger partial charge in [-0.1, -0.05) is 31.7 Å². The van der Waals surface area contributed by atoms with Crippen LogP contribution in [0.25, 0.3) is 5.76 Å². The van der Waals surface area contributed by atoms with E-state index in [2.05, 4.69) is 23.8 Å². The van der Waals surface area contributed by atoms with Crippen LogP contribution in [0.1, 0.15) is 42.1 Å². The fourth-order valence-electron chi connectivity index (χ4n) is 4.01. The lowest BCUT2D eigenvalue weighted by molar-refractivity contribution is -0.378. The maximum atomic E-state index is 13.6. The fourth-order valence-corrected chi connectivity index (χ4v) is 4.01. The number of ketones is 1. The van der Waals surface area contributed by atoms with E-state index in [4.69, 9.17) is 4.74 Å². The number of H-pyrrole nitrogens is 1. The third-order valence-corrected chi connectivity index (χ3v) is 5.66. The number of hydrogen-bond donors (Lipinski definition) is 0. The van der Waals surface area contributed by atoms with Crippen molar-refractivity contribution in [3.63, 3.8) is 0 Å². The van der Waals surface area contributed by atoms with Crippen LogP contribution in [0.4, 0.5) is 0 Å². The molecule has 1 atom stereocenters. The van der Waals surface area contributed by atoms with E-state index in [0.29, 0.717) is 29.4 Å². The van der Waals surface area contributed by atoms with Gasteiger partial charge in [-0.25, -0.2) is 4.98 Å². The van der Waals surface area contributed by atoms with Crippen molar-refractivity contribution in [3.8, 4) is 5.75 Å². The van der Waals surface area contributed by atoms with Crippen LogP contribution < -0.4 is 14.8 Å². The molecule has 0 spiro atoms. The SMILES string of the molecule is Cc1cc(C([O-])=C2C(=O)C(=O)N(Cc3ccc[nH+]c3)C2c2cccnc2)ccc1OCC(C)C. The third kappa shape index (κ3) is 4.69. The molecule has 1 aromatic carbocycles. The molecule has 1 aliphatic heterocycles. The van der Waals surface area contributed by atoms with Gasteiger partial charge in [-0.3, -0.25) is 14.6 Å². The van der Waals surface area contributed by atoms with Crippen molar-refractivity contribution in [3.05, 3.63) is 95.1 Å². The summed E-state index contributed by atoms with van der Waals surface area (Å²) in [5.41, 5.74) is 2.49. The van der Waals surface area contributed by atoms with Crippen LogP contribution in [0.3, 0.4) is 0 Å². The van der Waals surface area contributed by atoms with Gasteiger partial charge >= 0.3 is 0 Å². The van der Waals surface area contributed by atoms with Crippen molar-refractivity contribution >= 4 is 17.4 Å². The summed E-state index contributed by atoms with van der Waals surface area (Å²) in [5.74, 6) is -0.888. The molecule has 1 amide bonds. The van der Waals surface area contributed by atoms with E-state index in [9.17, 15) is 14.7 Å². The van der Waals surface area contributed by atoms with E-state index in [1.165, 1.54) is 4.90 Å². The lowest BCUT2D eigenvalue weighted by atomic mass is 9.95. The van der Waals surface area contributed by atoms with Gasteiger partial charge < -0.3 is 14.7 Å². The van der Waals surface area contributed by atoms with Crippen molar-refractivity contribution < 1.29 is 24.4 Å². The lowest BCUT2D eigenvalue weighted by Crippen LogP contribution is -2.29. The van der Waals surface area contributed by atoms with Crippen LogP contribution in [0, 0.1) is 12.8 Å². The number of Topliss-reactive ketones (excluding diaryl/α,β-unsaturated/α-hetero) is 1. The molecule has 3 aromatic rings. The van der Waals surface area contributed by atoms with Gasteiger partial charge in [0.1, 0.15) is 5.75 Å². The highest BCUT2D eigenvalue weighted by atomic mass is 16.5. The zero-order valence-electron chi connectivity index (χ0n) is 19.4. The number of ether oxygens (including phenoxy) is 1. The highest BCUT2D eigenvalue weighted by Gasteiger charge is 2.44. The summed E-state index contributed by atoms with van der Waals surface area (Å²) in [5, 5.41) is 13.6. The number of hydrogen-bond acceptors (Lipinski definition) is 5. The number of pyridine rings is 2. The number of benzene rings is 1. The Balaban J connectivity index is 1.77. The Morgan fingerprint density at radius 2 is 2.03 bits per heavy atom. The number of carbonyl (C=O) groups is 2. The van der Waals surface area contributed by atoms with Crippen molar-refractivity contribution in [1.82, 2.24) is 9.88 Å². The first kappa shape index (κ1) is 23.2. The highest BCUT2D eigenvalue weighted by molar-refractivity contribution is 6.46. The van der Waals surface area contributed by atoms with Gasteiger partial charge in [0.25, 0.3) is 5.91 Å². The number of nitrogens with one attached hydrogen (secondary N) is 1. The normalized spacial score (nSPS) is 17.4. The first-order valence-corrected chi connectivity index (χ1v) is 11.2. The largest absolute Gasteiger partial charge is 0.872 e. The second kappa shape index (κ2) is 9.87. The van der Waals surface area contributed by atoms with Gasteiger partial charge in [0.05, 0.1) is 19.2 Å². The number of aromatic amines is 1. The first-order valence-electron chi connectivity index (χ1n) is 11.2. The Morgan fingerprint density at radius 1 is 1.21 bits per heavy atom. The average molecular weight is 458 g/mol. The molecule has 1 aliphatic rings. The van der Waals surface area contributed by atoms with E-state index in [-0.39, 0.29) is 12.1 Å². The molecule has 7 heteroatoms. The maximum absolute atomic E-state index is 13.6. The van der Waals surface area contributed by atoms with E-state index in [1.54, 1.807) is 55.1 Å². The molecule has 34 heavy (non-hydrogen) atoms. The van der Waals surface area contributed by atoms with Crippen molar-refractivity contribution in [1.29, 1.82) is 0 Å². The Hall–Kier alpha value is -4.00. The van der Waals surface area contributed by atoms with Crippen LogP contribution >= 0.6 is 0 Å². The minimum atomic E-state index is -0.821. The monoisotopic (exact) mass is 457 g/mol. The Bertz CT molecular complexity index is 1220. The summed E-state index contributed by atoms with van der Waals surface area (Å²) in [6, 6.07) is 11.4. The number of aromatic nitrogens is 2. The van der Waals surface area contributed by atoms with Crippen LogP contribution in [0.15, 0.2) is 72.8 Å². The summed E-state index contributed by atoms with van der Waals surface area (Å²) < 4.78 is 5.81. The first-order chi connectivity index (χ1) is 16.4. The van der Waals surface area contributed by atoms with Crippen molar-refractivity contribution in [2.45, 2.75) is 33.4 Å². The molecular weight excluding hydrogens is 430 g/mol. The second-order valence-corrected chi connectivity index (χ2v) is 8.79. The van der Waals surface area contributed by atoms with Gasteiger partial charge in [-0.2, -0.15) is 0 Å².